The standard InChI is InChI=1S/C26H34N4O4/c31-16-25-12-26(13-25,18-6-8-27-9-7-18)15-29(14-25)10-17-2-1-3-19-20(17)11-30(24(19)34)21-4-5-22(32)28-23(21)33/h1-3,18,21,27,31H,4-16H2,(H,28,32,33). The molecular weight excluding hydrogens is 432 g/mol. The number of rotatable bonds is 5. The number of imide groups is 1. The summed E-state index contributed by atoms with van der Waals surface area (Å²) in [6.45, 7) is 5.53. The summed E-state index contributed by atoms with van der Waals surface area (Å²) in [5.74, 6) is -0.0488. The van der Waals surface area contributed by atoms with Crippen LogP contribution in [0.25, 0.3) is 0 Å². The first-order valence-corrected chi connectivity index (χ1v) is 12.7. The van der Waals surface area contributed by atoms with Crippen LogP contribution in [0.5, 0.6) is 0 Å². The summed E-state index contributed by atoms with van der Waals surface area (Å²) in [4.78, 5) is 41.3. The van der Waals surface area contributed by atoms with Gasteiger partial charge in [0.15, 0.2) is 0 Å². The Morgan fingerprint density at radius 2 is 1.85 bits per heavy atom. The number of aliphatic hydroxyl groups is 1. The van der Waals surface area contributed by atoms with Gasteiger partial charge in [0.25, 0.3) is 5.91 Å². The van der Waals surface area contributed by atoms with E-state index in [4.69, 9.17) is 0 Å². The number of benzene rings is 1. The van der Waals surface area contributed by atoms with Gasteiger partial charge < -0.3 is 15.3 Å². The summed E-state index contributed by atoms with van der Waals surface area (Å²) in [6, 6.07) is 5.30. The first-order valence-electron chi connectivity index (χ1n) is 12.7. The van der Waals surface area contributed by atoms with E-state index in [9.17, 15) is 19.5 Å². The van der Waals surface area contributed by atoms with Crippen molar-refractivity contribution < 1.29 is 19.5 Å². The molecule has 34 heavy (non-hydrogen) atoms. The number of aliphatic hydroxyl groups excluding tert-OH is 1. The Labute approximate surface area is 200 Å². The largest absolute Gasteiger partial charge is 0.396 e. The fraction of sp³-hybridized carbons (Fsp3) is 0.654. The molecule has 8 heteroatoms. The molecule has 3 N–H and O–H groups in total. The van der Waals surface area contributed by atoms with Crippen LogP contribution in [0.4, 0.5) is 0 Å². The number of carbonyl (C=O) groups is 3. The van der Waals surface area contributed by atoms with Gasteiger partial charge in [0, 0.05) is 50.2 Å². The van der Waals surface area contributed by atoms with E-state index in [2.05, 4.69) is 21.6 Å². The normalized spacial score (nSPS) is 34.1. The molecule has 1 atom stereocenters. The molecule has 5 fully saturated rings. The van der Waals surface area contributed by atoms with Crippen molar-refractivity contribution in [2.75, 3.05) is 32.8 Å². The van der Waals surface area contributed by atoms with Crippen LogP contribution in [0.1, 0.15) is 60.0 Å². The predicted octanol–water partition coefficient (Wildman–Crippen LogP) is 1.02. The third-order valence-corrected chi connectivity index (χ3v) is 9.17. The van der Waals surface area contributed by atoms with Gasteiger partial charge >= 0.3 is 0 Å². The summed E-state index contributed by atoms with van der Waals surface area (Å²) in [6.07, 6.45) is 5.33. The molecule has 5 aliphatic heterocycles. The third kappa shape index (κ3) is 3.49. The Hall–Kier alpha value is -2.29. The summed E-state index contributed by atoms with van der Waals surface area (Å²) >= 11 is 0. The number of carbonyl (C=O) groups excluding carboxylic acids is 3. The summed E-state index contributed by atoms with van der Waals surface area (Å²) in [5.41, 5.74) is 3.13. The summed E-state index contributed by atoms with van der Waals surface area (Å²) in [7, 11) is 0. The van der Waals surface area contributed by atoms with Crippen LogP contribution in [0.2, 0.25) is 0 Å². The van der Waals surface area contributed by atoms with Crippen LogP contribution in [-0.4, -0.2) is 71.5 Å². The first-order chi connectivity index (χ1) is 16.4. The maximum atomic E-state index is 13.2. The van der Waals surface area contributed by atoms with E-state index >= 15 is 0 Å². The monoisotopic (exact) mass is 466 g/mol. The van der Waals surface area contributed by atoms with Crippen LogP contribution in [0.15, 0.2) is 18.2 Å². The molecule has 7 rings (SSSR count). The van der Waals surface area contributed by atoms with E-state index in [1.54, 1.807) is 4.90 Å². The van der Waals surface area contributed by atoms with E-state index in [-0.39, 0.29) is 36.2 Å². The molecule has 2 bridgehead atoms. The SMILES string of the molecule is O=C1CCC(N2Cc3c(CN4CC5(CO)CC(C6CCNCC6)(C4)C5)cccc3C2=O)C(=O)N1. The number of fused-ring (bicyclic) bond motifs is 3. The van der Waals surface area contributed by atoms with E-state index in [0.29, 0.717) is 29.9 Å². The van der Waals surface area contributed by atoms with Crippen molar-refractivity contribution in [3.8, 4) is 0 Å². The Morgan fingerprint density at radius 1 is 1.06 bits per heavy atom. The lowest BCUT2D eigenvalue weighted by Crippen LogP contribution is -2.67. The fourth-order valence-corrected chi connectivity index (χ4v) is 7.81. The maximum Gasteiger partial charge on any atom is 0.255 e. The molecule has 1 saturated carbocycles. The molecule has 1 aliphatic carbocycles. The average Bonchev–Trinajstić information content (AvgIpc) is 3.16. The Kier molecular flexibility index (Phi) is 5.31. The molecule has 1 aromatic carbocycles. The molecule has 1 unspecified atom stereocenters. The molecule has 0 radical (unpaired) electrons. The topological polar surface area (TPSA) is 102 Å². The zero-order valence-electron chi connectivity index (χ0n) is 19.6. The second-order valence-electron chi connectivity index (χ2n) is 11.4. The van der Waals surface area contributed by atoms with E-state index in [1.807, 2.05) is 12.1 Å². The maximum absolute atomic E-state index is 13.2. The molecule has 8 nitrogen and oxygen atoms in total. The summed E-state index contributed by atoms with van der Waals surface area (Å²) in [5, 5.41) is 16.1. The molecule has 5 heterocycles. The molecule has 182 valence electrons. The third-order valence-electron chi connectivity index (χ3n) is 9.17. The van der Waals surface area contributed by atoms with Gasteiger partial charge in [-0.1, -0.05) is 12.1 Å². The second-order valence-corrected chi connectivity index (χ2v) is 11.4. The van der Waals surface area contributed by atoms with Crippen molar-refractivity contribution in [1.29, 1.82) is 0 Å². The second kappa shape index (κ2) is 8.14. The Morgan fingerprint density at radius 3 is 2.59 bits per heavy atom. The highest BCUT2D eigenvalue weighted by Crippen LogP contribution is 2.63. The van der Waals surface area contributed by atoms with Gasteiger partial charge in [0.2, 0.25) is 11.8 Å². The highest BCUT2D eigenvalue weighted by molar-refractivity contribution is 6.05. The highest BCUT2D eigenvalue weighted by Gasteiger charge is 2.61. The lowest BCUT2D eigenvalue weighted by Gasteiger charge is -2.66. The number of nitrogens with one attached hydrogen (secondary N) is 2. The van der Waals surface area contributed by atoms with Crippen LogP contribution < -0.4 is 10.6 Å². The molecule has 3 amide bonds. The number of piperidine rings is 4. The smallest absolute Gasteiger partial charge is 0.255 e. The average molecular weight is 467 g/mol. The van der Waals surface area contributed by atoms with Gasteiger partial charge in [0.1, 0.15) is 6.04 Å². The summed E-state index contributed by atoms with van der Waals surface area (Å²) < 4.78 is 0. The molecule has 0 aromatic heterocycles. The van der Waals surface area contributed by atoms with Crippen molar-refractivity contribution in [3.63, 3.8) is 0 Å². The zero-order chi connectivity index (χ0) is 23.5. The Bertz CT molecular complexity index is 1030. The van der Waals surface area contributed by atoms with Crippen LogP contribution >= 0.6 is 0 Å². The predicted molar refractivity (Wildman–Crippen MR) is 125 cm³/mol. The van der Waals surface area contributed by atoms with Crippen LogP contribution in [-0.2, 0) is 22.7 Å². The number of hydrogen-bond donors (Lipinski definition) is 3. The fourth-order valence-electron chi connectivity index (χ4n) is 7.81. The lowest BCUT2D eigenvalue weighted by atomic mass is 9.45. The van der Waals surface area contributed by atoms with Gasteiger partial charge in [-0.2, -0.15) is 0 Å². The zero-order valence-corrected chi connectivity index (χ0v) is 19.6. The van der Waals surface area contributed by atoms with Gasteiger partial charge in [0.05, 0.1) is 0 Å². The lowest BCUT2D eigenvalue weighted by molar-refractivity contribution is -0.188. The minimum atomic E-state index is -0.589. The quantitative estimate of drug-likeness (QED) is 0.560. The number of amides is 3. The number of hydrogen-bond acceptors (Lipinski definition) is 6. The van der Waals surface area contributed by atoms with Crippen molar-refractivity contribution in [2.24, 2.45) is 16.7 Å². The van der Waals surface area contributed by atoms with E-state index in [1.165, 1.54) is 12.8 Å². The number of nitrogens with zero attached hydrogens (tertiary/aromatic N) is 2. The van der Waals surface area contributed by atoms with Gasteiger partial charge in [-0.15, -0.1) is 0 Å². The molecule has 0 spiro atoms. The first kappa shape index (κ1) is 22.2. The molecule has 1 aromatic rings. The van der Waals surface area contributed by atoms with Gasteiger partial charge in [-0.25, -0.2) is 0 Å². The van der Waals surface area contributed by atoms with Crippen LogP contribution in [0, 0.1) is 16.7 Å². The van der Waals surface area contributed by atoms with Gasteiger partial charge in [-0.05, 0) is 73.7 Å². The van der Waals surface area contributed by atoms with Crippen molar-refractivity contribution >= 4 is 17.7 Å². The van der Waals surface area contributed by atoms with E-state index in [0.717, 1.165) is 56.7 Å². The molecule has 6 aliphatic rings. The van der Waals surface area contributed by atoms with Gasteiger partial charge in [-0.3, -0.25) is 24.6 Å². The van der Waals surface area contributed by atoms with Crippen LogP contribution in [0.3, 0.4) is 0 Å². The minimum Gasteiger partial charge on any atom is -0.396 e. The van der Waals surface area contributed by atoms with Crippen molar-refractivity contribution in [1.82, 2.24) is 20.4 Å². The Balaban J connectivity index is 1.22. The molecule has 4 saturated heterocycles. The van der Waals surface area contributed by atoms with E-state index < -0.39 is 6.04 Å². The van der Waals surface area contributed by atoms with Crippen molar-refractivity contribution in [2.45, 2.75) is 57.7 Å². The minimum absolute atomic E-state index is 0.00958. The van der Waals surface area contributed by atoms with Crippen molar-refractivity contribution in [3.05, 3.63) is 34.9 Å². The molecular formula is C26H34N4O4. The highest BCUT2D eigenvalue weighted by atomic mass is 16.3.